The Hall–Kier alpha value is -1.17. The van der Waals surface area contributed by atoms with E-state index >= 15 is 0 Å². The highest BCUT2D eigenvalue weighted by Gasteiger charge is 2.05. The van der Waals surface area contributed by atoms with Crippen molar-refractivity contribution in [1.82, 2.24) is 15.0 Å². The van der Waals surface area contributed by atoms with Gasteiger partial charge in [-0.1, -0.05) is 11.6 Å². The molecule has 1 N–H and O–H groups in total. The lowest BCUT2D eigenvalue weighted by Crippen LogP contribution is -1.99. The van der Waals surface area contributed by atoms with E-state index < -0.39 is 5.82 Å². The molecule has 4 nitrogen and oxygen atoms in total. The fraction of sp³-hybridized carbons (Fsp3) is 0. The highest BCUT2D eigenvalue weighted by Crippen LogP contribution is 2.21. The van der Waals surface area contributed by atoms with Gasteiger partial charge in [-0.2, -0.15) is 15.0 Å². The van der Waals surface area contributed by atoms with Crippen LogP contribution in [0.4, 0.5) is 16.0 Å². The molecular formula is C9H4Cl3FN4. The highest BCUT2D eigenvalue weighted by molar-refractivity contribution is 6.31. The van der Waals surface area contributed by atoms with Gasteiger partial charge in [0.05, 0.1) is 0 Å². The molecule has 88 valence electrons. The molecular weight excluding hydrogens is 289 g/mol. The van der Waals surface area contributed by atoms with Crippen molar-refractivity contribution in [3.05, 3.63) is 39.6 Å². The SMILES string of the molecule is Fc1cc(Cl)cc(Nc2nc(Cl)nc(Cl)n2)c1. The molecule has 0 saturated carbocycles. The van der Waals surface area contributed by atoms with Gasteiger partial charge in [-0.25, -0.2) is 4.39 Å². The molecule has 1 heterocycles. The van der Waals surface area contributed by atoms with Crippen LogP contribution in [0.5, 0.6) is 0 Å². The average molecular weight is 294 g/mol. The van der Waals surface area contributed by atoms with Gasteiger partial charge in [0, 0.05) is 10.7 Å². The zero-order chi connectivity index (χ0) is 12.4. The Morgan fingerprint density at radius 2 is 1.59 bits per heavy atom. The first-order chi connectivity index (χ1) is 8.02. The second-order valence-electron chi connectivity index (χ2n) is 2.98. The van der Waals surface area contributed by atoms with Crippen LogP contribution in [0.3, 0.4) is 0 Å². The summed E-state index contributed by atoms with van der Waals surface area (Å²) in [6.45, 7) is 0. The van der Waals surface area contributed by atoms with Crippen molar-refractivity contribution in [2.75, 3.05) is 5.32 Å². The number of benzene rings is 1. The molecule has 0 atom stereocenters. The van der Waals surface area contributed by atoms with E-state index in [0.717, 1.165) is 0 Å². The fourth-order valence-corrected chi connectivity index (χ4v) is 1.72. The molecule has 2 aromatic rings. The lowest BCUT2D eigenvalue weighted by Gasteiger charge is -2.05. The van der Waals surface area contributed by atoms with E-state index in [2.05, 4.69) is 20.3 Å². The third-order valence-corrected chi connectivity index (χ3v) is 2.26. The topological polar surface area (TPSA) is 50.7 Å². The third-order valence-electron chi connectivity index (χ3n) is 1.70. The van der Waals surface area contributed by atoms with Gasteiger partial charge in [0.2, 0.25) is 16.5 Å². The average Bonchev–Trinajstić information content (AvgIpc) is 2.13. The summed E-state index contributed by atoms with van der Waals surface area (Å²) in [5, 5.41) is 2.84. The largest absolute Gasteiger partial charge is 0.324 e. The van der Waals surface area contributed by atoms with E-state index in [-0.39, 0.29) is 21.5 Å². The van der Waals surface area contributed by atoms with E-state index in [9.17, 15) is 4.39 Å². The van der Waals surface area contributed by atoms with Gasteiger partial charge in [-0.15, -0.1) is 0 Å². The van der Waals surface area contributed by atoms with Gasteiger partial charge in [-0.05, 0) is 41.4 Å². The summed E-state index contributed by atoms with van der Waals surface area (Å²) in [5.41, 5.74) is 0.383. The molecule has 8 heteroatoms. The molecule has 0 saturated heterocycles. The van der Waals surface area contributed by atoms with Gasteiger partial charge < -0.3 is 5.32 Å². The van der Waals surface area contributed by atoms with Crippen molar-refractivity contribution in [2.45, 2.75) is 0 Å². The lowest BCUT2D eigenvalue weighted by atomic mass is 10.3. The smallest absolute Gasteiger partial charge is 0.232 e. The normalized spacial score (nSPS) is 10.4. The maximum atomic E-state index is 13.1. The van der Waals surface area contributed by atoms with Crippen LogP contribution < -0.4 is 5.32 Å². The van der Waals surface area contributed by atoms with Crippen LogP contribution in [0.2, 0.25) is 15.6 Å². The molecule has 0 fully saturated rings. The predicted octanol–water partition coefficient (Wildman–Crippen LogP) is 3.71. The van der Waals surface area contributed by atoms with Gasteiger partial charge >= 0.3 is 0 Å². The Labute approximate surface area is 111 Å². The van der Waals surface area contributed by atoms with Crippen molar-refractivity contribution in [3.63, 3.8) is 0 Å². The molecule has 0 aliphatic carbocycles. The molecule has 17 heavy (non-hydrogen) atoms. The summed E-state index contributed by atoms with van der Waals surface area (Å²) < 4.78 is 13.1. The Morgan fingerprint density at radius 3 is 2.18 bits per heavy atom. The molecule has 0 aliphatic rings. The molecule has 0 aliphatic heterocycles. The van der Waals surface area contributed by atoms with E-state index in [1.165, 1.54) is 18.2 Å². The van der Waals surface area contributed by atoms with Crippen LogP contribution in [-0.2, 0) is 0 Å². The van der Waals surface area contributed by atoms with Crippen LogP contribution in [0.15, 0.2) is 18.2 Å². The predicted molar refractivity (Wildman–Crippen MR) is 64.5 cm³/mol. The van der Waals surface area contributed by atoms with Crippen molar-refractivity contribution < 1.29 is 4.39 Å². The standard InChI is InChI=1S/C9H4Cl3FN4/c10-4-1-5(13)3-6(2-4)14-9-16-7(11)15-8(12)17-9/h1-3H,(H,14,15,16,17). The minimum atomic E-state index is -0.480. The number of halogens is 4. The summed E-state index contributed by atoms with van der Waals surface area (Å²) in [6, 6.07) is 3.92. The molecule has 1 aromatic carbocycles. The van der Waals surface area contributed by atoms with E-state index in [0.29, 0.717) is 5.69 Å². The number of rotatable bonds is 2. The second kappa shape index (κ2) is 5.00. The molecule has 0 amide bonds. The summed E-state index contributed by atoms with van der Waals surface area (Å²) >= 11 is 16.9. The molecule has 0 radical (unpaired) electrons. The number of aromatic nitrogens is 3. The molecule has 0 spiro atoms. The van der Waals surface area contributed by atoms with E-state index in [4.69, 9.17) is 34.8 Å². The summed E-state index contributed by atoms with van der Waals surface area (Å²) in [7, 11) is 0. The van der Waals surface area contributed by atoms with Crippen LogP contribution in [-0.4, -0.2) is 15.0 Å². The first kappa shape index (κ1) is 12.3. The number of nitrogens with zero attached hydrogens (tertiary/aromatic N) is 3. The Balaban J connectivity index is 2.31. The Morgan fingerprint density at radius 1 is 0.941 bits per heavy atom. The van der Waals surface area contributed by atoms with Gasteiger partial charge in [-0.3, -0.25) is 0 Å². The lowest BCUT2D eigenvalue weighted by molar-refractivity contribution is 0.628. The Kier molecular flexibility index (Phi) is 3.61. The summed E-state index contributed by atoms with van der Waals surface area (Å²) in [6.07, 6.45) is 0. The molecule has 1 aromatic heterocycles. The van der Waals surface area contributed by atoms with Crippen LogP contribution in [0.1, 0.15) is 0 Å². The van der Waals surface area contributed by atoms with Crippen molar-refractivity contribution in [3.8, 4) is 0 Å². The van der Waals surface area contributed by atoms with Gasteiger partial charge in [0.1, 0.15) is 5.82 Å². The molecule has 0 unspecified atom stereocenters. The number of hydrogen-bond acceptors (Lipinski definition) is 4. The first-order valence-corrected chi connectivity index (χ1v) is 5.46. The van der Waals surface area contributed by atoms with Crippen LogP contribution in [0, 0.1) is 5.82 Å². The minimum Gasteiger partial charge on any atom is -0.324 e. The highest BCUT2D eigenvalue weighted by atomic mass is 35.5. The number of nitrogens with one attached hydrogen (secondary N) is 1. The summed E-state index contributed by atoms with van der Waals surface area (Å²) in [4.78, 5) is 11.1. The monoisotopic (exact) mass is 292 g/mol. The quantitative estimate of drug-likeness (QED) is 0.917. The maximum absolute atomic E-state index is 13.1. The van der Waals surface area contributed by atoms with Gasteiger partial charge in [0.15, 0.2) is 0 Å². The number of anilines is 2. The zero-order valence-corrected chi connectivity index (χ0v) is 10.4. The third kappa shape index (κ3) is 3.39. The second-order valence-corrected chi connectivity index (χ2v) is 4.09. The van der Waals surface area contributed by atoms with E-state index in [1.54, 1.807) is 0 Å². The molecule has 0 bridgehead atoms. The first-order valence-electron chi connectivity index (χ1n) is 4.33. The van der Waals surface area contributed by atoms with Gasteiger partial charge in [0.25, 0.3) is 0 Å². The molecule has 2 rings (SSSR count). The minimum absolute atomic E-state index is 0.0602. The van der Waals surface area contributed by atoms with Crippen molar-refractivity contribution in [2.24, 2.45) is 0 Å². The fourth-order valence-electron chi connectivity index (χ4n) is 1.14. The van der Waals surface area contributed by atoms with Crippen LogP contribution in [0.25, 0.3) is 0 Å². The Bertz CT molecular complexity index is 474. The van der Waals surface area contributed by atoms with Crippen LogP contribution >= 0.6 is 34.8 Å². The number of hydrogen-bond donors (Lipinski definition) is 1. The van der Waals surface area contributed by atoms with E-state index in [1.807, 2.05) is 0 Å². The zero-order valence-electron chi connectivity index (χ0n) is 8.09. The van der Waals surface area contributed by atoms with Crippen molar-refractivity contribution in [1.29, 1.82) is 0 Å². The van der Waals surface area contributed by atoms with Crippen molar-refractivity contribution >= 4 is 46.4 Å². The maximum Gasteiger partial charge on any atom is 0.232 e. The summed E-state index contributed by atoms with van der Waals surface area (Å²) in [5.74, 6) is -0.372.